The predicted octanol–water partition coefficient (Wildman–Crippen LogP) is 3.41. The Hall–Kier alpha value is -0.640. The quantitative estimate of drug-likeness (QED) is 0.656. The number of hydrogen-bond acceptors (Lipinski definition) is 1. The Morgan fingerprint density at radius 1 is 1.50 bits per heavy atom. The highest BCUT2D eigenvalue weighted by Gasteiger charge is 2.40. The first-order chi connectivity index (χ1) is 6.50. The van der Waals surface area contributed by atoms with Crippen molar-refractivity contribution in [3.63, 3.8) is 0 Å². The second-order valence-electron chi connectivity index (χ2n) is 2.90. The number of hydrogen-bond donors (Lipinski definition) is 0. The molecule has 0 radical (unpaired) electrons. The number of alkyl halides is 4. The highest BCUT2D eigenvalue weighted by Crippen LogP contribution is 2.38. The van der Waals surface area contributed by atoms with E-state index in [1.54, 1.807) is 0 Å². The summed E-state index contributed by atoms with van der Waals surface area (Å²) in [5.41, 5.74) is -0.594. The van der Waals surface area contributed by atoms with E-state index in [-0.39, 0.29) is 23.6 Å². The van der Waals surface area contributed by atoms with Crippen molar-refractivity contribution in [2.75, 3.05) is 13.0 Å². The zero-order valence-electron chi connectivity index (χ0n) is 7.62. The molecule has 0 fully saturated rings. The molecule has 0 amide bonds. The lowest BCUT2D eigenvalue weighted by Gasteiger charge is -2.21. The van der Waals surface area contributed by atoms with Gasteiger partial charge in [-0.2, -0.15) is 13.2 Å². The number of methoxy groups -OCH3 is 1. The first-order valence-electron chi connectivity index (χ1n) is 4.10. The van der Waals surface area contributed by atoms with E-state index in [4.69, 9.17) is 16.3 Å². The fraction of sp³-hybridized carbons (Fsp3) is 0.556. The summed E-state index contributed by atoms with van der Waals surface area (Å²) < 4.78 is 42.5. The summed E-state index contributed by atoms with van der Waals surface area (Å²) in [6.07, 6.45) is -2.04. The molecule has 1 aliphatic carbocycles. The summed E-state index contributed by atoms with van der Waals surface area (Å²) in [7, 11) is 1.25. The third kappa shape index (κ3) is 2.23. The molecule has 1 aliphatic rings. The van der Waals surface area contributed by atoms with E-state index in [1.807, 2.05) is 0 Å². The molecule has 0 aromatic rings. The molecule has 14 heavy (non-hydrogen) atoms. The number of ether oxygens (including phenoxy) is 1. The molecule has 0 aromatic heterocycles. The van der Waals surface area contributed by atoms with Gasteiger partial charge in [-0.1, -0.05) is 6.08 Å². The molecular weight excluding hydrogens is 217 g/mol. The lowest BCUT2D eigenvalue weighted by molar-refractivity contribution is -0.0930. The smallest absolute Gasteiger partial charge is 0.419 e. The van der Waals surface area contributed by atoms with Crippen LogP contribution in [0.15, 0.2) is 23.0 Å². The Labute approximate surface area is 85.2 Å². The van der Waals surface area contributed by atoms with Crippen molar-refractivity contribution >= 4 is 11.6 Å². The van der Waals surface area contributed by atoms with E-state index >= 15 is 0 Å². The van der Waals surface area contributed by atoms with E-state index in [9.17, 15) is 13.2 Å². The standard InChI is InChI=1S/C9H10ClF3O/c1-14-7-4-2-3-6(5-10)8(7)9(11,12)13/h3H,2,4-5H2,1H3. The maximum Gasteiger partial charge on any atom is 0.419 e. The highest BCUT2D eigenvalue weighted by atomic mass is 35.5. The number of halogens is 4. The van der Waals surface area contributed by atoms with Gasteiger partial charge < -0.3 is 4.74 Å². The first kappa shape index (κ1) is 11.4. The number of allylic oxidation sites excluding steroid dienone is 4. The maximum atomic E-state index is 12.6. The summed E-state index contributed by atoms with van der Waals surface area (Å²) in [5, 5.41) is 0. The molecule has 1 nitrogen and oxygen atoms in total. The molecule has 0 aromatic carbocycles. The first-order valence-corrected chi connectivity index (χ1v) is 4.64. The molecule has 0 atom stereocenters. The van der Waals surface area contributed by atoms with E-state index < -0.39 is 11.7 Å². The van der Waals surface area contributed by atoms with Gasteiger partial charge in [0.1, 0.15) is 5.76 Å². The van der Waals surface area contributed by atoms with Crippen LogP contribution in [0, 0.1) is 0 Å². The summed E-state index contributed by atoms with van der Waals surface area (Å²) in [6.45, 7) is 0. The average Bonchev–Trinajstić information content (AvgIpc) is 2.15. The predicted molar refractivity (Wildman–Crippen MR) is 48.1 cm³/mol. The fourth-order valence-corrected chi connectivity index (χ4v) is 1.69. The van der Waals surface area contributed by atoms with Gasteiger partial charge in [0.2, 0.25) is 0 Å². The van der Waals surface area contributed by atoms with Crippen LogP contribution in [0.2, 0.25) is 0 Å². The molecule has 5 heteroatoms. The zero-order valence-corrected chi connectivity index (χ0v) is 8.37. The third-order valence-electron chi connectivity index (χ3n) is 2.04. The average molecular weight is 227 g/mol. The van der Waals surface area contributed by atoms with Gasteiger partial charge in [0.05, 0.1) is 12.7 Å². The topological polar surface area (TPSA) is 9.23 Å². The molecule has 80 valence electrons. The van der Waals surface area contributed by atoms with Gasteiger partial charge in [0, 0.05) is 12.3 Å². The van der Waals surface area contributed by atoms with E-state index in [0.717, 1.165) is 0 Å². The van der Waals surface area contributed by atoms with Crippen molar-refractivity contribution < 1.29 is 17.9 Å². The Bertz CT molecular complexity index is 278. The van der Waals surface area contributed by atoms with Crippen LogP contribution in [-0.4, -0.2) is 19.2 Å². The van der Waals surface area contributed by atoms with Gasteiger partial charge in [-0.25, -0.2) is 0 Å². The van der Waals surface area contributed by atoms with Gasteiger partial charge in [-0.3, -0.25) is 0 Å². The second kappa shape index (κ2) is 4.26. The molecule has 0 saturated carbocycles. The third-order valence-corrected chi connectivity index (χ3v) is 2.32. The van der Waals surface area contributed by atoms with Gasteiger partial charge in [-0.05, 0) is 12.0 Å². The molecule has 0 spiro atoms. The Balaban J connectivity index is 3.13. The van der Waals surface area contributed by atoms with Crippen LogP contribution in [0.25, 0.3) is 0 Å². The summed E-state index contributed by atoms with van der Waals surface area (Å²) in [6, 6.07) is 0. The molecule has 0 bridgehead atoms. The van der Waals surface area contributed by atoms with Crippen LogP contribution < -0.4 is 0 Å². The Morgan fingerprint density at radius 3 is 2.57 bits per heavy atom. The summed E-state index contributed by atoms with van der Waals surface area (Å²) in [5.74, 6) is -0.155. The molecule has 0 unspecified atom stereocenters. The molecular formula is C9H10ClF3O. The van der Waals surface area contributed by atoms with Crippen LogP contribution in [-0.2, 0) is 4.74 Å². The van der Waals surface area contributed by atoms with Crippen LogP contribution >= 0.6 is 11.6 Å². The molecule has 0 saturated heterocycles. The second-order valence-corrected chi connectivity index (χ2v) is 3.17. The lowest BCUT2D eigenvalue weighted by atomic mass is 9.97. The SMILES string of the molecule is COC1=C(C(F)(F)F)C(CCl)=CCC1. The highest BCUT2D eigenvalue weighted by molar-refractivity contribution is 6.19. The molecule has 0 N–H and O–H groups in total. The zero-order chi connectivity index (χ0) is 10.8. The van der Waals surface area contributed by atoms with Gasteiger partial charge in [-0.15, -0.1) is 11.6 Å². The minimum absolute atomic E-state index is 0.0179. The van der Waals surface area contributed by atoms with E-state index in [2.05, 4.69) is 0 Å². The minimum atomic E-state index is -4.38. The normalized spacial score (nSPS) is 18.2. The van der Waals surface area contributed by atoms with Crippen molar-refractivity contribution in [2.24, 2.45) is 0 Å². The lowest BCUT2D eigenvalue weighted by Crippen LogP contribution is -2.20. The van der Waals surface area contributed by atoms with Crippen LogP contribution in [0.4, 0.5) is 13.2 Å². The van der Waals surface area contributed by atoms with Crippen molar-refractivity contribution in [1.82, 2.24) is 0 Å². The van der Waals surface area contributed by atoms with Crippen molar-refractivity contribution in [2.45, 2.75) is 19.0 Å². The molecule has 1 rings (SSSR count). The largest absolute Gasteiger partial charge is 0.500 e. The monoisotopic (exact) mass is 226 g/mol. The number of rotatable bonds is 2. The van der Waals surface area contributed by atoms with Crippen LogP contribution in [0.3, 0.4) is 0 Å². The minimum Gasteiger partial charge on any atom is -0.500 e. The summed E-state index contributed by atoms with van der Waals surface area (Å²) >= 11 is 5.45. The molecule has 0 aliphatic heterocycles. The van der Waals surface area contributed by atoms with Gasteiger partial charge in [0.15, 0.2) is 0 Å². The van der Waals surface area contributed by atoms with E-state index in [1.165, 1.54) is 13.2 Å². The van der Waals surface area contributed by atoms with Crippen molar-refractivity contribution in [1.29, 1.82) is 0 Å². The van der Waals surface area contributed by atoms with Crippen molar-refractivity contribution in [3.05, 3.63) is 23.0 Å². The van der Waals surface area contributed by atoms with Crippen molar-refractivity contribution in [3.8, 4) is 0 Å². The van der Waals surface area contributed by atoms with Gasteiger partial charge in [0.25, 0.3) is 0 Å². The fourth-order valence-electron chi connectivity index (χ4n) is 1.45. The maximum absolute atomic E-state index is 12.6. The Morgan fingerprint density at radius 2 is 2.14 bits per heavy atom. The molecule has 0 heterocycles. The Kier molecular flexibility index (Phi) is 3.48. The summed E-state index contributed by atoms with van der Waals surface area (Å²) in [4.78, 5) is 0. The van der Waals surface area contributed by atoms with E-state index in [0.29, 0.717) is 6.42 Å². The van der Waals surface area contributed by atoms with Crippen LogP contribution in [0.5, 0.6) is 0 Å². The van der Waals surface area contributed by atoms with Gasteiger partial charge >= 0.3 is 6.18 Å². The van der Waals surface area contributed by atoms with Crippen LogP contribution in [0.1, 0.15) is 12.8 Å².